The zero-order valence-electron chi connectivity index (χ0n) is 19.0. The Balaban J connectivity index is 1.58. The van der Waals surface area contributed by atoms with Crippen molar-refractivity contribution in [3.05, 3.63) is 83.5 Å². The highest BCUT2D eigenvalue weighted by molar-refractivity contribution is 6.04. The molecule has 0 saturated heterocycles. The van der Waals surface area contributed by atoms with E-state index in [0.29, 0.717) is 37.2 Å². The number of carbonyl (C=O) groups is 2. The third-order valence-corrected chi connectivity index (χ3v) is 6.37. The predicted molar refractivity (Wildman–Crippen MR) is 124 cm³/mol. The molecule has 1 aliphatic carbocycles. The molecule has 0 fully saturated rings. The number of nitrogens with one attached hydrogen (secondary N) is 1. The molecular weight excluding hydrogens is 461 g/mol. The Bertz CT molecular complexity index is 1170. The summed E-state index contributed by atoms with van der Waals surface area (Å²) in [5, 5.41) is 12.8. The number of nitrogens with zero attached hydrogens (tertiary/aromatic N) is 1. The molecular formula is C26H25F3N2O4. The Hall–Kier alpha value is -3.75. The first-order chi connectivity index (χ1) is 16.6. The monoisotopic (exact) mass is 486 g/mol. The van der Waals surface area contributed by atoms with Crippen molar-refractivity contribution in [2.45, 2.75) is 38.2 Å². The lowest BCUT2D eigenvalue weighted by Gasteiger charge is -2.35. The van der Waals surface area contributed by atoms with Crippen molar-refractivity contribution in [2.24, 2.45) is 5.92 Å². The first-order valence-electron chi connectivity index (χ1n) is 11.3. The van der Waals surface area contributed by atoms with Crippen LogP contribution in [0.3, 0.4) is 0 Å². The van der Waals surface area contributed by atoms with Crippen molar-refractivity contribution in [2.75, 3.05) is 11.4 Å². The molecule has 9 heteroatoms. The van der Waals surface area contributed by atoms with Gasteiger partial charge in [-0.25, -0.2) is 4.79 Å². The number of benzene rings is 2. The number of ether oxygens (including phenoxy) is 1. The molecule has 0 bridgehead atoms. The van der Waals surface area contributed by atoms with Crippen LogP contribution >= 0.6 is 0 Å². The number of para-hydroxylation sites is 1. The maximum absolute atomic E-state index is 13.4. The third-order valence-electron chi connectivity index (χ3n) is 6.37. The molecule has 1 amide bonds. The standard InChI is InChI=1S/C26H25F3N2O4/c1-2-19-7-3-4-14-25(19,24(33)34)30-23(32)21-8-5-6-18-13-15-31(22(18)21)16-17-9-11-20(12-10-17)35-26(27,28)29/h3-12,14,19H,2,13,15-16H2,1H3,(H,30,32)(H,33,34). The fourth-order valence-electron chi connectivity index (χ4n) is 4.70. The molecule has 1 heterocycles. The molecule has 6 nitrogen and oxygen atoms in total. The Morgan fingerprint density at radius 3 is 2.57 bits per heavy atom. The molecule has 0 radical (unpaired) electrons. The average Bonchev–Trinajstić information content (AvgIpc) is 3.22. The lowest BCUT2D eigenvalue weighted by molar-refractivity contribution is -0.274. The minimum atomic E-state index is -4.76. The Morgan fingerprint density at radius 1 is 1.17 bits per heavy atom. The summed E-state index contributed by atoms with van der Waals surface area (Å²) in [7, 11) is 0. The van der Waals surface area contributed by atoms with Gasteiger partial charge in [-0.1, -0.05) is 49.4 Å². The van der Waals surface area contributed by atoms with E-state index in [1.54, 1.807) is 42.5 Å². The predicted octanol–water partition coefficient (Wildman–Crippen LogP) is 4.85. The van der Waals surface area contributed by atoms with Gasteiger partial charge >= 0.3 is 12.3 Å². The first-order valence-corrected chi connectivity index (χ1v) is 11.3. The number of aliphatic carboxylic acids is 1. The van der Waals surface area contributed by atoms with E-state index in [9.17, 15) is 27.9 Å². The van der Waals surface area contributed by atoms with E-state index in [0.717, 1.165) is 11.1 Å². The number of halogens is 3. The van der Waals surface area contributed by atoms with Gasteiger partial charge in [0.25, 0.3) is 5.91 Å². The van der Waals surface area contributed by atoms with Crippen LogP contribution in [-0.2, 0) is 17.8 Å². The average molecular weight is 486 g/mol. The summed E-state index contributed by atoms with van der Waals surface area (Å²) in [4.78, 5) is 27.7. The highest BCUT2D eigenvalue weighted by atomic mass is 19.4. The van der Waals surface area contributed by atoms with Gasteiger partial charge in [-0.3, -0.25) is 4.79 Å². The van der Waals surface area contributed by atoms with Crippen molar-refractivity contribution < 1.29 is 32.6 Å². The van der Waals surface area contributed by atoms with E-state index in [2.05, 4.69) is 10.1 Å². The summed E-state index contributed by atoms with van der Waals surface area (Å²) < 4.78 is 41.2. The molecule has 184 valence electrons. The lowest BCUT2D eigenvalue weighted by Crippen LogP contribution is -2.58. The third kappa shape index (κ3) is 5.03. The SMILES string of the molecule is CCC1C=CC=CC1(NC(=O)c1cccc2c1N(Cc1ccc(OC(F)(F)F)cc1)CC2)C(=O)O. The van der Waals surface area contributed by atoms with Crippen LogP contribution in [0.25, 0.3) is 0 Å². The van der Waals surface area contributed by atoms with Gasteiger partial charge in [0.1, 0.15) is 5.75 Å². The molecule has 4 rings (SSSR count). The van der Waals surface area contributed by atoms with Crippen molar-refractivity contribution >= 4 is 17.6 Å². The van der Waals surface area contributed by atoms with Crippen LogP contribution in [0, 0.1) is 5.92 Å². The quantitative estimate of drug-likeness (QED) is 0.585. The highest BCUT2D eigenvalue weighted by Gasteiger charge is 2.45. The maximum Gasteiger partial charge on any atom is 0.573 e. The van der Waals surface area contributed by atoms with Gasteiger partial charge in [-0.15, -0.1) is 13.2 Å². The number of carbonyl (C=O) groups excluding carboxylic acids is 1. The van der Waals surface area contributed by atoms with Crippen LogP contribution in [0.4, 0.5) is 18.9 Å². The van der Waals surface area contributed by atoms with Crippen LogP contribution in [0.5, 0.6) is 5.75 Å². The second kappa shape index (κ2) is 9.48. The van der Waals surface area contributed by atoms with E-state index in [-0.39, 0.29) is 5.75 Å². The molecule has 1 aliphatic heterocycles. The minimum Gasteiger partial charge on any atom is -0.479 e. The number of rotatable bonds is 7. The zero-order chi connectivity index (χ0) is 25.2. The van der Waals surface area contributed by atoms with E-state index in [1.807, 2.05) is 17.9 Å². The summed E-state index contributed by atoms with van der Waals surface area (Å²) in [6, 6.07) is 10.9. The number of hydrogen-bond donors (Lipinski definition) is 2. The summed E-state index contributed by atoms with van der Waals surface area (Å²) in [6.45, 7) is 2.85. The first kappa shape index (κ1) is 24.4. The molecule has 2 aliphatic rings. The Morgan fingerprint density at radius 2 is 1.91 bits per heavy atom. The second-order valence-corrected chi connectivity index (χ2v) is 8.56. The smallest absolute Gasteiger partial charge is 0.479 e. The van der Waals surface area contributed by atoms with Gasteiger partial charge in [0.05, 0.1) is 11.3 Å². The van der Waals surface area contributed by atoms with E-state index >= 15 is 0 Å². The van der Waals surface area contributed by atoms with Gasteiger partial charge < -0.3 is 20.1 Å². The Kier molecular flexibility index (Phi) is 6.60. The number of fused-ring (bicyclic) bond motifs is 1. The molecule has 2 aromatic rings. The number of hydrogen-bond acceptors (Lipinski definition) is 4. The van der Waals surface area contributed by atoms with Crippen LogP contribution in [-0.4, -0.2) is 35.4 Å². The molecule has 2 unspecified atom stereocenters. The molecule has 2 aromatic carbocycles. The topological polar surface area (TPSA) is 78.9 Å². The Labute approximate surface area is 200 Å². The maximum atomic E-state index is 13.4. The van der Waals surface area contributed by atoms with Gasteiger partial charge in [0.15, 0.2) is 5.54 Å². The van der Waals surface area contributed by atoms with Crippen molar-refractivity contribution in [1.29, 1.82) is 0 Å². The van der Waals surface area contributed by atoms with Crippen molar-refractivity contribution in [3.8, 4) is 5.75 Å². The normalized spacial score (nSPS) is 21.0. The number of carboxylic acids is 1. The molecule has 0 saturated carbocycles. The molecule has 0 aromatic heterocycles. The number of amides is 1. The summed E-state index contributed by atoms with van der Waals surface area (Å²) in [6.07, 6.45) is 3.14. The van der Waals surface area contributed by atoms with Gasteiger partial charge in [-0.2, -0.15) is 0 Å². The number of anilines is 1. The number of carboxylic acid groups (broad SMARTS) is 1. The van der Waals surface area contributed by atoms with E-state index in [1.165, 1.54) is 18.2 Å². The van der Waals surface area contributed by atoms with Crippen molar-refractivity contribution in [3.63, 3.8) is 0 Å². The van der Waals surface area contributed by atoms with Crippen LogP contribution in [0.1, 0.15) is 34.8 Å². The largest absolute Gasteiger partial charge is 0.573 e. The van der Waals surface area contributed by atoms with Gasteiger partial charge in [0, 0.05) is 19.0 Å². The number of alkyl halides is 3. The van der Waals surface area contributed by atoms with Crippen LogP contribution < -0.4 is 15.0 Å². The zero-order valence-corrected chi connectivity index (χ0v) is 19.0. The fourth-order valence-corrected chi connectivity index (χ4v) is 4.70. The molecule has 35 heavy (non-hydrogen) atoms. The van der Waals surface area contributed by atoms with E-state index < -0.39 is 29.7 Å². The number of allylic oxidation sites excluding steroid dienone is 2. The van der Waals surface area contributed by atoms with E-state index in [4.69, 9.17) is 0 Å². The summed E-state index contributed by atoms with van der Waals surface area (Å²) in [5.41, 5.74) is 1.20. The van der Waals surface area contributed by atoms with Gasteiger partial charge in [-0.05, 0) is 48.2 Å². The molecule has 2 atom stereocenters. The lowest BCUT2D eigenvalue weighted by atomic mass is 9.78. The van der Waals surface area contributed by atoms with Crippen LogP contribution in [0.2, 0.25) is 0 Å². The minimum absolute atomic E-state index is 0.304. The summed E-state index contributed by atoms with van der Waals surface area (Å²) in [5.74, 6) is -2.34. The highest BCUT2D eigenvalue weighted by Crippen LogP contribution is 2.35. The fraction of sp³-hybridized carbons (Fsp3) is 0.308. The van der Waals surface area contributed by atoms with Crippen molar-refractivity contribution in [1.82, 2.24) is 5.32 Å². The van der Waals surface area contributed by atoms with Crippen LogP contribution in [0.15, 0.2) is 66.8 Å². The molecule has 2 N–H and O–H groups in total. The second-order valence-electron chi connectivity index (χ2n) is 8.56. The summed E-state index contributed by atoms with van der Waals surface area (Å²) >= 11 is 0. The molecule has 0 spiro atoms. The van der Waals surface area contributed by atoms with Gasteiger partial charge in [0.2, 0.25) is 0 Å².